The summed E-state index contributed by atoms with van der Waals surface area (Å²) in [5.41, 5.74) is 1.47. The van der Waals surface area contributed by atoms with Crippen LogP contribution in [0.4, 0.5) is 5.69 Å². The SMILES string of the molecule is CCc1ccc(NC(=O)/C=C/CN(C)C)cc1O. The van der Waals surface area contributed by atoms with Gasteiger partial charge >= 0.3 is 0 Å². The first kappa shape index (κ1) is 14.3. The minimum atomic E-state index is -0.194. The molecular formula is C14H20N2O2. The van der Waals surface area contributed by atoms with E-state index in [-0.39, 0.29) is 11.7 Å². The number of nitrogens with one attached hydrogen (secondary N) is 1. The molecule has 0 aliphatic rings. The third-order valence-electron chi connectivity index (χ3n) is 2.47. The molecule has 0 aliphatic heterocycles. The summed E-state index contributed by atoms with van der Waals surface area (Å²) >= 11 is 0. The highest BCUT2D eigenvalue weighted by atomic mass is 16.3. The maximum Gasteiger partial charge on any atom is 0.248 e. The van der Waals surface area contributed by atoms with Crippen LogP contribution in [0.3, 0.4) is 0 Å². The van der Waals surface area contributed by atoms with Crippen LogP contribution in [0.5, 0.6) is 5.75 Å². The number of aromatic hydroxyl groups is 1. The predicted molar refractivity (Wildman–Crippen MR) is 73.8 cm³/mol. The third-order valence-corrected chi connectivity index (χ3v) is 2.47. The molecule has 0 aromatic heterocycles. The summed E-state index contributed by atoms with van der Waals surface area (Å²) in [5, 5.41) is 12.4. The van der Waals surface area contributed by atoms with Crippen molar-refractivity contribution < 1.29 is 9.90 Å². The molecule has 1 amide bonds. The molecule has 0 fully saturated rings. The number of anilines is 1. The molecule has 4 heteroatoms. The van der Waals surface area contributed by atoms with Gasteiger partial charge in [0, 0.05) is 24.4 Å². The number of aryl methyl sites for hydroxylation is 1. The summed E-state index contributed by atoms with van der Waals surface area (Å²) in [6, 6.07) is 5.17. The lowest BCUT2D eigenvalue weighted by Crippen LogP contribution is -2.12. The summed E-state index contributed by atoms with van der Waals surface area (Å²) in [4.78, 5) is 13.5. The van der Waals surface area contributed by atoms with Crippen molar-refractivity contribution in [2.45, 2.75) is 13.3 Å². The fraction of sp³-hybridized carbons (Fsp3) is 0.357. The number of benzene rings is 1. The lowest BCUT2D eigenvalue weighted by atomic mass is 10.1. The average molecular weight is 248 g/mol. The maximum atomic E-state index is 11.6. The van der Waals surface area contributed by atoms with Crippen molar-refractivity contribution in [1.29, 1.82) is 0 Å². The monoisotopic (exact) mass is 248 g/mol. The van der Waals surface area contributed by atoms with E-state index < -0.39 is 0 Å². The van der Waals surface area contributed by atoms with E-state index >= 15 is 0 Å². The van der Waals surface area contributed by atoms with Crippen LogP contribution < -0.4 is 5.32 Å². The molecule has 98 valence electrons. The first-order valence-corrected chi connectivity index (χ1v) is 5.97. The minimum absolute atomic E-state index is 0.194. The van der Waals surface area contributed by atoms with Crippen LogP contribution in [0.15, 0.2) is 30.4 Å². The van der Waals surface area contributed by atoms with Gasteiger partial charge in [-0.25, -0.2) is 0 Å². The molecule has 2 N–H and O–H groups in total. The number of rotatable bonds is 5. The zero-order valence-electron chi connectivity index (χ0n) is 11.1. The van der Waals surface area contributed by atoms with E-state index in [9.17, 15) is 9.90 Å². The molecule has 18 heavy (non-hydrogen) atoms. The Labute approximate surface area is 108 Å². The molecular weight excluding hydrogens is 228 g/mol. The van der Waals surface area contributed by atoms with Crippen LogP contribution in [-0.4, -0.2) is 36.6 Å². The highest BCUT2D eigenvalue weighted by Gasteiger charge is 2.02. The Morgan fingerprint density at radius 3 is 2.72 bits per heavy atom. The van der Waals surface area contributed by atoms with E-state index in [4.69, 9.17) is 0 Å². The number of amides is 1. The van der Waals surface area contributed by atoms with Gasteiger partial charge in [0.1, 0.15) is 5.75 Å². The molecule has 0 spiro atoms. The molecule has 0 saturated heterocycles. The van der Waals surface area contributed by atoms with E-state index in [2.05, 4.69) is 5.32 Å². The molecule has 0 radical (unpaired) electrons. The fourth-order valence-electron chi connectivity index (χ4n) is 1.50. The fourth-order valence-corrected chi connectivity index (χ4v) is 1.50. The Morgan fingerprint density at radius 2 is 2.17 bits per heavy atom. The van der Waals surface area contributed by atoms with Crippen molar-refractivity contribution in [3.8, 4) is 5.75 Å². The summed E-state index contributed by atoms with van der Waals surface area (Å²) in [6.07, 6.45) is 4.04. The molecule has 0 saturated carbocycles. The third kappa shape index (κ3) is 4.59. The van der Waals surface area contributed by atoms with Crippen molar-refractivity contribution in [2.24, 2.45) is 0 Å². The van der Waals surface area contributed by atoms with E-state index in [0.29, 0.717) is 12.2 Å². The molecule has 1 aromatic rings. The van der Waals surface area contributed by atoms with Crippen molar-refractivity contribution in [3.63, 3.8) is 0 Å². The van der Waals surface area contributed by atoms with Crippen LogP contribution in [0.25, 0.3) is 0 Å². The normalized spacial score (nSPS) is 11.1. The van der Waals surface area contributed by atoms with Crippen LogP contribution in [0, 0.1) is 0 Å². The number of carbonyl (C=O) groups excluding carboxylic acids is 1. The molecule has 0 atom stereocenters. The number of phenolic OH excluding ortho intramolecular Hbond substituents is 1. The van der Waals surface area contributed by atoms with Crippen LogP contribution >= 0.6 is 0 Å². The predicted octanol–water partition coefficient (Wildman–Crippen LogP) is 2.01. The Bertz CT molecular complexity index is 439. The zero-order chi connectivity index (χ0) is 13.5. The molecule has 0 heterocycles. The average Bonchev–Trinajstić information content (AvgIpc) is 2.28. The van der Waals surface area contributed by atoms with Crippen molar-refractivity contribution in [3.05, 3.63) is 35.9 Å². The Kier molecular flexibility index (Phi) is 5.39. The molecule has 0 aliphatic carbocycles. The van der Waals surface area contributed by atoms with Gasteiger partial charge in [-0.3, -0.25) is 4.79 Å². The molecule has 0 bridgehead atoms. The van der Waals surface area contributed by atoms with Gasteiger partial charge in [-0.2, -0.15) is 0 Å². The minimum Gasteiger partial charge on any atom is -0.508 e. The Morgan fingerprint density at radius 1 is 1.44 bits per heavy atom. The highest BCUT2D eigenvalue weighted by molar-refractivity contribution is 5.99. The van der Waals surface area contributed by atoms with Crippen molar-refractivity contribution in [1.82, 2.24) is 4.90 Å². The molecule has 1 rings (SSSR count). The summed E-state index contributed by atoms with van der Waals surface area (Å²) in [5.74, 6) is 0.0214. The smallest absolute Gasteiger partial charge is 0.248 e. The topological polar surface area (TPSA) is 52.6 Å². The number of hydrogen-bond donors (Lipinski definition) is 2. The second-order valence-corrected chi connectivity index (χ2v) is 4.35. The number of phenols is 1. The first-order valence-electron chi connectivity index (χ1n) is 5.97. The van der Waals surface area contributed by atoms with Crippen LogP contribution in [0.1, 0.15) is 12.5 Å². The quantitative estimate of drug-likeness (QED) is 0.784. The van der Waals surface area contributed by atoms with Gasteiger partial charge in [-0.05, 0) is 32.1 Å². The lowest BCUT2D eigenvalue weighted by Gasteiger charge is -2.06. The Balaban J connectivity index is 2.59. The second kappa shape index (κ2) is 6.81. The van der Waals surface area contributed by atoms with Crippen molar-refractivity contribution in [2.75, 3.05) is 26.0 Å². The van der Waals surface area contributed by atoms with Crippen molar-refractivity contribution >= 4 is 11.6 Å². The van der Waals surface area contributed by atoms with Gasteiger partial charge in [-0.1, -0.05) is 19.1 Å². The van der Waals surface area contributed by atoms with E-state index in [1.165, 1.54) is 6.08 Å². The number of likely N-dealkylation sites (N-methyl/N-ethyl adjacent to an activating group) is 1. The lowest BCUT2D eigenvalue weighted by molar-refractivity contribution is -0.111. The van der Waals surface area contributed by atoms with Crippen LogP contribution in [0.2, 0.25) is 0 Å². The Hall–Kier alpha value is -1.81. The molecule has 0 unspecified atom stereocenters. The number of carbonyl (C=O) groups is 1. The summed E-state index contributed by atoms with van der Waals surface area (Å²) in [6.45, 7) is 2.69. The standard InChI is InChI=1S/C14H20N2O2/c1-4-11-7-8-12(10-13(11)17)15-14(18)6-5-9-16(2)3/h5-8,10,17H,4,9H2,1-3H3,(H,15,18)/b6-5+. The van der Waals surface area contributed by atoms with Gasteiger partial charge in [0.05, 0.1) is 0 Å². The number of hydrogen-bond acceptors (Lipinski definition) is 3. The van der Waals surface area contributed by atoms with Gasteiger partial charge in [0.15, 0.2) is 0 Å². The van der Waals surface area contributed by atoms with Gasteiger partial charge in [-0.15, -0.1) is 0 Å². The molecule has 1 aromatic carbocycles. The largest absolute Gasteiger partial charge is 0.508 e. The van der Waals surface area contributed by atoms with E-state index in [0.717, 1.165) is 12.0 Å². The van der Waals surface area contributed by atoms with Gasteiger partial charge in [0.25, 0.3) is 0 Å². The van der Waals surface area contributed by atoms with E-state index in [1.54, 1.807) is 18.2 Å². The highest BCUT2D eigenvalue weighted by Crippen LogP contribution is 2.22. The maximum absolute atomic E-state index is 11.6. The second-order valence-electron chi connectivity index (χ2n) is 4.35. The van der Waals surface area contributed by atoms with E-state index in [1.807, 2.05) is 32.0 Å². The summed E-state index contributed by atoms with van der Waals surface area (Å²) in [7, 11) is 3.87. The zero-order valence-corrected chi connectivity index (χ0v) is 11.1. The van der Waals surface area contributed by atoms with Gasteiger partial charge in [0.2, 0.25) is 5.91 Å². The summed E-state index contributed by atoms with van der Waals surface area (Å²) < 4.78 is 0. The number of nitrogens with zero attached hydrogens (tertiary/aromatic N) is 1. The van der Waals surface area contributed by atoms with Gasteiger partial charge < -0.3 is 15.3 Å². The first-order chi connectivity index (χ1) is 8.52. The molecule has 4 nitrogen and oxygen atoms in total. The van der Waals surface area contributed by atoms with Crippen LogP contribution in [-0.2, 0) is 11.2 Å².